The molecule has 34 heavy (non-hydrogen) atoms. The number of H-pyrrole nitrogens is 1. The highest BCUT2D eigenvalue weighted by Crippen LogP contribution is 2.37. The van der Waals surface area contributed by atoms with Crippen LogP contribution in [-0.2, 0) is 20.5 Å². The number of ether oxygens (including phenoxy) is 2. The Morgan fingerprint density at radius 1 is 1.24 bits per heavy atom. The van der Waals surface area contributed by atoms with Crippen LogP contribution < -0.4 is 4.74 Å². The molecule has 0 fully saturated rings. The molecule has 0 saturated carbocycles. The van der Waals surface area contributed by atoms with E-state index in [1.165, 1.54) is 16.5 Å². The summed E-state index contributed by atoms with van der Waals surface area (Å²) in [7, 11) is -3.29. The van der Waals surface area contributed by atoms with Gasteiger partial charge < -0.3 is 9.47 Å². The molecule has 2 bridgehead atoms. The van der Waals surface area contributed by atoms with Crippen molar-refractivity contribution < 1.29 is 17.9 Å². The predicted octanol–water partition coefficient (Wildman–Crippen LogP) is 4.22. The number of hydrogen-bond donors (Lipinski definition) is 1. The van der Waals surface area contributed by atoms with Gasteiger partial charge in [0, 0.05) is 35.6 Å². The van der Waals surface area contributed by atoms with Crippen molar-refractivity contribution >= 4 is 20.7 Å². The average molecular weight is 483 g/mol. The number of nitrogens with zero attached hydrogens (tertiary/aromatic N) is 3. The van der Waals surface area contributed by atoms with Gasteiger partial charge in [0.05, 0.1) is 36.6 Å². The van der Waals surface area contributed by atoms with Crippen LogP contribution in [0, 0.1) is 5.92 Å². The second-order valence-electron chi connectivity index (χ2n) is 9.37. The van der Waals surface area contributed by atoms with E-state index in [0.29, 0.717) is 25.5 Å². The lowest BCUT2D eigenvalue weighted by molar-refractivity contribution is 0.0432. The van der Waals surface area contributed by atoms with Gasteiger partial charge in [-0.1, -0.05) is 38.1 Å². The number of aromatic nitrogens is 4. The van der Waals surface area contributed by atoms with Crippen LogP contribution in [0.1, 0.15) is 38.3 Å². The Kier molecular flexibility index (Phi) is 6.07. The average Bonchev–Trinajstić information content (AvgIpc) is 3.37. The summed E-state index contributed by atoms with van der Waals surface area (Å²) < 4.78 is 37.8. The van der Waals surface area contributed by atoms with Crippen molar-refractivity contribution in [1.29, 1.82) is 0 Å². The smallest absolute Gasteiger partial charge is 0.220 e. The van der Waals surface area contributed by atoms with Gasteiger partial charge in [0.2, 0.25) is 5.88 Å². The summed E-state index contributed by atoms with van der Waals surface area (Å²) in [4.78, 5) is 0. The number of allylic oxidation sites excluding steroid dienone is 2. The first-order valence-electron chi connectivity index (χ1n) is 11.6. The minimum absolute atomic E-state index is 0.0219. The Morgan fingerprint density at radius 2 is 2.09 bits per heavy atom. The van der Waals surface area contributed by atoms with Gasteiger partial charge in [-0.3, -0.25) is 5.10 Å². The molecule has 2 aliphatic rings. The van der Waals surface area contributed by atoms with Gasteiger partial charge >= 0.3 is 0 Å². The van der Waals surface area contributed by atoms with Crippen molar-refractivity contribution in [2.24, 2.45) is 5.92 Å². The molecule has 1 N–H and O–H groups in total. The van der Waals surface area contributed by atoms with Crippen LogP contribution in [-0.4, -0.2) is 54.0 Å². The Morgan fingerprint density at radius 3 is 2.91 bits per heavy atom. The van der Waals surface area contributed by atoms with E-state index in [2.05, 4.69) is 53.4 Å². The van der Waals surface area contributed by atoms with E-state index >= 15 is 0 Å². The molecule has 1 aromatic carbocycles. The van der Waals surface area contributed by atoms with Crippen LogP contribution in [0.4, 0.5) is 0 Å². The van der Waals surface area contributed by atoms with E-state index < -0.39 is 9.84 Å². The number of fused-ring (bicyclic) bond motifs is 4. The Hall–Kier alpha value is -2.91. The zero-order chi connectivity index (χ0) is 23.9. The molecular weight excluding hydrogens is 452 g/mol. The highest BCUT2D eigenvalue weighted by Gasteiger charge is 2.26. The van der Waals surface area contributed by atoms with Crippen molar-refractivity contribution in [2.75, 3.05) is 19.5 Å². The molecule has 5 rings (SSSR count). The van der Waals surface area contributed by atoms with Gasteiger partial charge in [-0.05, 0) is 29.7 Å². The fraction of sp³-hybridized carbons (Fsp3) is 0.440. The van der Waals surface area contributed by atoms with Gasteiger partial charge in [0.25, 0.3) is 0 Å². The topological polar surface area (TPSA) is 99.1 Å². The van der Waals surface area contributed by atoms with Crippen molar-refractivity contribution in [3.8, 4) is 17.0 Å². The second kappa shape index (κ2) is 9.03. The maximum absolute atomic E-state index is 12.0. The molecule has 1 aliphatic carbocycles. The molecule has 3 heterocycles. The third-order valence-electron chi connectivity index (χ3n) is 6.47. The summed E-state index contributed by atoms with van der Waals surface area (Å²) in [6.07, 6.45) is 10.9. The number of hydrogen-bond acceptors (Lipinski definition) is 6. The number of aromatic amines is 1. The molecule has 1 aliphatic heterocycles. The Labute approximate surface area is 199 Å². The number of nitrogens with one attached hydrogen (secondary N) is 1. The van der Waals surface area contributed by atoms with Crippen molar-refractivity contribution in [1.82, 2.24) is 20.0 Å². The SMILES string of the molecule is CC1CC2=CC=CC(C)C2OCCCOc2c(cnn2CS(C)(=O)=O)-c2ccc3n[nH]c1c3c2. The van der Waals surface area contributed by atoms with Crippen molar-refractivity contribution in [3.05, 3.63) is 53.9 Å². The summed E-state index contributed by atoms with van der Waals surface area (Å²) in [5, 5.41) is 13.2. The van der Waals surface area contributed by atoms with E-state index in [9.17, 15) is 8.42 Å². The number of benzene rings is 1. The lowest BCUT2D eigenvalue weighted by Crippen LogP contribution is -2.27. The first-order valence-corrected chi connectivity index (χ1v) is 13.7. The molecule has 0 amide bonds. The number of sulfone groups is 1. The first-order chi connectivity index (χ1) is 16.3. The molecule has 3 aromatic rings. The van der Waals surface area contributed by atoms with E-state index in [0.717, 1.165) is 34.1 Å². The van der Waals surface area contributed by atoms with Crippen LogP contribution in [0.25, 0.3) is 22.0 Å². The normalized spacial score (nSPS) is 23.5. The molecule has 180 valence electrons. The van der Waals surface area contributed by atoms with E-state index in [1.807, 2.05) is 12.1 Å². The first kappa shape index (κ1) is 22.9. The molecule has 2 aromatic heterocycles. The summed E-state index contributed by atoms with van der Waals surface area (Å²) in [5.74, 6) is 0.712. The van der Waals surface area contributed by atoms with Gasteiger partial charge in [0.15, 0.2) is 9.84 Å². The van der Waals surface area contributed by atoms with Crippen LogP contribution in [0.3, 0.4) is 0 Å². The highest BCUT2D eigenvalue weighted by molar-refractivity contribution is 7.89. The van der Waals surface area contributed by atoms with E-state index in [-0.39, 0.29) is 23.8 Å². The lowest BCUT2D eigenvalue weighted by Gasteiger charge is -2.29. The zero-order valence-corrected chi connectivity index (χ0v) is 20.5. The maximum atomic E-state index is 12.0. The molecule has 3 atom stereocenters. The predicted molar refractivity (Wildman–Crippen MR) is 131 cm³/mol. The molecule has 9 heteroatoms. The van der Waals surface area contributed by atoms with E-state index in [4.69, 9.17) is 9.47 Å². The molecular formula is C25H30N4O4S. The van der Waals surface area contributed by atoms with Crippen LogP contribution in [0.15, 0.2) is 48.2 Å². The molecule has 0 spiro atoms. The minimum atomic E-state index is -3.29. The quantitative estimate of drug-likeness (QED) is 0.587. The van der Waals surface area contributed by atoms with Gasteiger partial charge in [-0.25, -0.2) is 13.1 Å². The Bertz CT molecular complexity index is 1370. The summed E-state index contributed by atoms with van der Waals surface area (Å²) in [6.45, 7) is 5.33. The third-order valence-corrected chi connectivity index (χ3v) is 7.18. The number of rotatable bonds is 2. The van der Waals surface area contributed by atoms with Gasteiger partial charge in [-0.15, -0.1) is 0 Å². The summed E-state index contributed by atoms with van der Waals surface area (Å²) in [6, 6.07) is 6.04. The highest BCUT2D eigenvalue weighted by atomic mass is 32.2. The van der Waals surface area contributed by atoms with Crippen LogP contribution in [0.2, 0.25) is 0 Å². The fourth-order valence-corrected chi connectivity index (χ4v) is 5.46. The standard InChI is InChI=1S/C25H30N4O4S/c1-16-6-4-7-19-12-17(2)23-20-13-18(8-9-22(20)27-28-23)21-14-26-29(15-34(3,30)31)25(21)33-11-5-10-32-24(16)19/h4,6-9,13-14,16-17,24H,5,10-12,15H2,1-3H3,(H,27,28). The van der Waals surface area contributed by atoms with Crippen LogP contribution >= 0.6 is 0 Å². The zero-order valence-electron chi connectivity index (χ0n) is 19.7. The van der Waals surface area contributed by atoms with Crippen molar-refractivity contribution in [3.63, 3.8) is 0 Å². The minimum Gasteiger partial charge on any atom is -0.477 e. The summed E-state index contributed by atoms with van der Waals surface area (Å²) >= 11 is 0. The molecule has 3 unspecified atom stereocenters. The monoisotopic (exact) mass is 482 g/mol. The third kappa shape index (κ3) is 4.54. The Balaban J connectivity index is 1.59. The largest absolute Gasteiger partial charge is 0.477 e. The molecule has 8 nitrogen and oxygen atoms in total. The van der Waals surface area contributed by atoms with E-state index in [1.54, 1.807) is 6.20 Å². The van der Waals surface area contributed by atoms with Crippen LogP contribution in [0.5, 0.6) is 5.88 Å². The van der Waals surface area contributed by atoms with Gasteiger partial charge in [0.1, 0.15) is 5.88 Å². The lowest BCUT2D eigenvalue weighted by atomic mass is 9.85. The second-order valence-corrected chi connectivity index (χ2v) is 11.5. The fourth-order valence-electron chi connectivity index (χ4n) is 4.84. The van der Waals surface area contributed by atoms with Gasteiger partial charge in [-0.2, -0.15) is 10.2 Å². The molecule has 0 saturated heterocycles. The molecule has 0 radical (unpaired) electrons. The van der Waals surface area contributed by atoms with Crippen molar-refractivity contribution in [2.45, 2.75) is 44.6 Å². The summed E-state index contributed by atoms with van der Waals surface area (Å²) in [5.41, 5.74) is 4.91. The maximum Gasteiger partial charge on any atom is 0.220 e.